The van der Waals surface area contributed by atoms with Crippen molar-refractivity contribution in [2.45, 2.75) is 13.1 Å². The fourth-order valence-electron chi connectivity index (χ4n) is 0.496. The van der Waals surface area contributed by atoms with E-state index in [0.29, 0.717) is 6.85 Å². The zero-order valence-corrected chi connectivity index (χ0v) is 3.90. The fraction of sp³-hybridized carbons (Fsp3) is 1.00. The quantitative estimate of drug-likeness (QED) is 0.422. The highest BCUT2D eigenvalue weighted by Crippen LogP contribution is 1.94. The van der Waals surface area contributed by atoms with Crippen LogP contribution in [0.3, 0.4) is 0 Å². The molecule has 1 heterocycles. The van der Waals surface area contributed by atoms with Crippen LogP contribution in [0.5, 0.6) is 0 Å². The van der Waals surface area contributed by atoms with Gasteiger partial charge in [0.25, 0.3) is 6.85 Å². The summed E-state index contributed by atoms with van der Waals surface area (Å²) < 4.78 is 0. The van der Waals surface area contributed by atoms with Gasteiger partial charge in [-0.25, -0.2) is 5.39 Å². The first-order chi connectivity index (χ1) is 2.89. The lowest BCUT2D eigenvalue weighted by molar-refractivity contribution is 0.127. The Labute approximate surface area is 37.9 Å². The molecule has 0 saturated carbocycles. The van der Waals surface area contributed by atoms with Crippen molar-refractivity contribution in [2.24, 2.45) is 0 Å². The van der Waals surface area contributed by atoms with E-state index in [1.165, 1.54) is 0 Å². The lowest BCUT2D eigenvalue weighted by Crippen LogP contribution is -2.20. The Morgan fingerprint density at radius 1 is 1.83 bits per heavy atom. The SMILES string of the molecule is CB1CCON1. The Morgan fingerprint density at radius 2 is 2.67 bits per heavy atom. The standard InChI is InChI=1S/C3H8BNO/c1-4-2-3-6-5-4/h5H,2-3H2,1H3. The van der Waals surface area contributed by atoms with E-state index < -0.39 is 0 Å². The summed E-state index contributed by atoms with van der Waals surface area (Å²) in [7, 11) is 0. The Morgan fingerprint density at radius 3 is 2.83 bits per heavy atom. The van der Waals surface area contributed by atoms with Gasteiger partial charge in [0.15, 0.2) is 0 Å². The van der Waals surface area contributed by atoms with Crippen molar-refractivity contribution in [3.05, 3.63) is 0 Å². The summed E-state index contributed by atoms with van der Waals surface area (Å²) in [5.74, 6) is 0. The van der Waals surface area contributed by atoms with Crippen LogP contribution in [0.1, 0.15) is 0 Å². The molecule has 0 aromatic carbocycles. The summed E-state index contributed by atoms with van der Waals surface area (Å²) in [6, 6.07) is 0. The van der Waals surface area contributed by atoms with Crippen molar-refractivity contribution >= 4 is 6.85 Å². The number of hydrogen-bond acceptors (Lipinski definition) is 2. The topological polar surface area (TPSA) is 21.3 Å². The summed E-state index contributed by atoms with van der Waals surface area (Å²) in [5, 5.41) is 2.82. The van der Waals surface area contributed by atoms with Crippen molar-refractivity contribution in [1.29, 1.82) is 0 Å². The maximum absolute atomic E-state index is 4.81. The maximum Gasteiger partial charge on any atom is 0.251 e. The van der Waals surface area contributed by atoms with Gasteiger partial charge < -0.3 is 4.84 Å². The number of nitrogens with one attached hydrogen (secondary N) is 1. The minimum absolute atomic E-state index is 0.574. The van der Waals surface area contributed by atoms with Crippen LogP contribution >= 0.6 is 0 Å². The Hall–Kier alpha value is -0.0151. The molecule has 1 fully saturated rings. The van der Waals surface area contributed by atoms with E-state index in [0.717, 1.165) is 12.9 Å². The molecule has 2 nitrogen and oxygen atoms in total. The van der Waals surface area contributed by atoms with Crippen LogP contribution in [0.15, 0.2) is 0 Å². The van der Waals surface area contributed by atoms with Crippen LogP contribution in [0.2, 0.25) is 13.1 Å². The van der Waals surface area contributed by atoms with Crippen LogP contribution in [-0.4, -0.2) is 13.5 Å². The Kier molecular flexibility index (Phi) is 1.12. The van der Waals surface area contributed by atoms with Gasteiger partial charge in [-0.15, -0.1) is 0 Å². The van der Waals surface area contributed by atoms with Gasteiger partial charge in [0.05, 0.1) is 6.61 Å². The Bertz CT molecular complexity index is 44.1. The summed E-state index contributed by atoms with van der Waals surface area (Å²) >= 11 is 0. The summed E-state index contributed by atoms with van der Waals surface area (Å²) in [6.45, 7) is 3.55. The molecule has 0 radical (unpaired) electrons. The molecule has 3 heteroatoms. The van der Waals surface area contributed by atoms with E-state index in [4.69, 9.17) is 4.84 Å². The normalized spacial score (nSPS) is 22.5. The molecular formula is C3H8BNO. The lowest BCUT2D eigenvalue weighted by atomic mass is 9.65. The smallest absolute Gasteiger partial charge is 0.251 e. The van der Waals surface area contributed by atoms with Gasteiger partial charge in [-0.3, -0.25) is 0 Å². The molecule has 0 spiro atoms. The van der Waals surface area contributed by atoms with Crippen molar-refractivity contribution in [3.63, 3.8) is 0 Å². The van der Waals surface area contributed by atoms with Gasteiger partial charge in [-0.05, 0) is 6.32 Å². The number of hydrogen-bond donors (Lipinski definition) is 1. The van der Waals surface area contributed by atoms with Crippen LogP contribution in [0.25, 0.3) is 0 Å². The van der Waals surface area contributed by atoms with Crippen LogP contribution in [0.4, 0.5) is 0 Å². The molecule has 0 aromatic rings. The van der Waals surface area contributed by atoms with E-state index in [1.807, 2.05) is 0 Å². The summed E-state index contributed by atoms with van der Waals surface area (Å²) in [5.41, 5.74) is 0. The highest BCUT2D eigenvalue weighted by molar-refractivity contribution is 6.54. The van der Waals surface area contributed by atoms with Gasteiger partial charge in [-0.1, -0.05) is 6.82 Å². The molecule has 0 atom stereocenters. The zero-order chi connectivity index (χ0) is 4.41. The molecule has 1 aliphatic heterocycles. The monoisotopic (exact) mass is 85.1 g/mol. The van der Waals surface area contributed by atoms with Gasteiger partial charge >= 0.3 is 0 Å². The molecule has 0 aliphatic carbocycles. The zero-order valence-electron chi connectivity index (χ0n) is 3.90. The second-order valence-electron chi connectivity index (χ2n) is 1.66. The molecule has 0 unspecified atom stereocenters. The number of rotatable bonds is 0. The predicted octanol–water partition coefficient (Wildman–Crippen LogP) is 0.142. The van der Waals surface area contributed by atoms with Gasteiger partial charge in [-0.2, -0.15) is 0 Å². The highest BCUT2D eigenvalue weighted by atomic mass is 16.6. The van der Waals surface area contributed by atoms with E-state index >= 15 is 0 Å². The first-order valence-electron chi connectivity index (χ1n) is 2.27. The van der Waals surface area contributed by atoms with Crippen molar-refractivity contribution in [3.8, 4) is 0 Å². The van der Waals surface area contributed by atoms with Crippen molar-refractivity contribution < 1.29 is 4.84 Å². The van der Waals surface area contributed by atoms with Crippen molar-refractivity contribution in [1.82, 2.24) is 5.39 Å². The molecule has 0 amide bonds. The minimum Gasteiger partial charge on any atom is -0.314 e. The third kappa shape index (κ3) is 0.728. The highest BCUT2D eigenvalue weighted by Gasteiger charge is 2.12. The molecule has 34 valence electrons. The average molecular weight is 84.9 g/mol. The maximum atomic E-state index is 4.81. The molecular weight excluding hydrogens is 76.9 g/mol. The van der Waals surface area contributed by atoms with E-state index in [2.05, 4.69) is 12.2 Å². The van der Waals surface area contributed by atoms with Gasteiger partial charge in [0, 0.05) is 0 Å². The molecule has 1 rings (SSSR count). The average Bonchev–Trinajstić information content (AvgIpc) is 1.86. The van der Waals surface area contributed by atoms with Crippen molar-refractivity contribution in [2.75, 3.05) is 6.61 Å². The van der Waals surface area contributed by atoms with E-state index in [1.54, 1.807) is 0 Å². The second-order valence-corrected chi connectivity index (χ2v) is 1.66. The molecule has 1 aliphatic rings. The van der Waals surface area contributed by atoms with Crippen LogP contribution in [-0.2, 0) is 4.84 Å². The predicted molar refractivity (Wildman–Crippen MR) is 25.5 cm³/mol. The minimum atomic E-state index is 0.574. The van der Waals surface area contributed by atoms with E-state index in [-0.39, 0.29) is 0 Å². The molecule has 1 saturated heterocycles. The largest absolute Gasteiger partial charge is 0.314 e. The molecule has 0 bridgehead atoms. The molecule has 0 aromatic heterocycles. The fourth-order valence-corrected chi connectivity index (χ4v) is 0.496. The van der Waals surface area contributed by atoms with Crippen LogP contribution < -0.4 is 5.39 Å². The third-order valence-electron chi connectivity index (χ3n) is 0.937. The molecule has 1 N–H and O–H groups in total. The van der Waals surface area contributed by atoms with Crippen LogP contribution in [0, 0.1) is 0 Å². The summed E-state index contributed by atoms with van der Waals surface area (Å²) in [4.78, 5) is 4.81. The summed E-state index contributed by atoms with van der Waals surface area (Å²) in [6.07, 6.45) is 1.15. The lowest BCUT2D eigenvalue weighted by Gasteiger charge is -1.88. The second kappa shape index (κ2) is 1.62. The first kappa shape index (κ1) is 4.15. The first-order valence-corrected chi connectivity index (χ1v) is 2.27. The third-order valence-corrected chi connectivity index (χ3v) is 0.937. The van der Waals surface area contributed by atoms with Gasteiger partial charge in [0.2, 0.25) is 0 Å². The van der Waals surface area contributed by atoms with E-state index in [9.17, 15) is 0 Å². The Balaban J connectivity index is 2.18. The molecule has 6 heavy (non-hydrogen) atoms. The van der Waals surface area contributed by atoms with Gasteiger partial charge in [0.1, 0.15) is 0 Å².